The normalized spacial score (nSPS) is 20.0. The Morgan fingerprint density at radius 2 is 2.00 bits per heavy atom. The summed E-state index contributed by atoms with van der Waals surface area (Å²) < 4.78 is 50.2. The van der Waals surface area contributed by atoms with Crippen molar-refractivity contribution >= 4 is 25.8 Å². The average Bonchev–Trinajstić information content (AvgIpc) is 2.91. The van der Waals surface area contributed by atoms with Crippen molar-refractivity contribution in [3.63, 3.8) is 0 Å². The van der Waals surface area contributed by atoms with E-state index in [0.717, 1.165) is 0 Å². The average molecular weight is 372 g/mol. The highest BCUT2D eigenvalue weighted by molar-refractivity contribution is 7.92. The third-order valence-corrected chi connectivity index (χ3v) is 7.56. The van der Waals surface area contributed by atoms with Crippen LogP contribution in [0.5, 0.6) is 0 Å². The zero-order valence-corrected chi connectivity index (χ0v) is 14.9. The first-order valence-corrected chi connectivity index (χ1v) is 10.6. The van der Waals surface area contributed by atoms with Crippen molar-refractivity contribution in [3.8, 4) is 0 Å². The minimum absolute atomic E-state index is 0.0151. The number of nitrogens with zero attached hydrogens (tertiary/aromatic N) is 1. The van der Waals surface area contributed by atoms with Gasteiger partial charge in [0.2, 0.25) is 10.0 Å². The molecule has 0 saturated carbocycles. The minimum atomic E-state index is -3.88. The van der Waals surface area contributed by atoms with Crippen LogP contribution in [-0.4, -0.2) is 58.2 Å². The maximum Gasteiger partial charge on any atom is 0.251 e. The highest BCUT2D eigenvalue weighted by Gasteiger charge is 2.38. The van der Waals surface area contributed by atoms with Gasteiger partial charge in [-0.25, -0.2) is 16.8 Å². The van der Waals surface area contributed by atoms with Crippen molar-refractivity contribution in [1.82, 2.24) is 9.62 Å². The van der Waals surface area contributed by atoms with Crippen molar-refractivity contribution < 1.29 is 21.6 Å². The van der Waals surface area contributed by atoms with Gasteiger partial charge in [0.05, 0.1) is 16.4 Å². The van der Waals surface area contributed by atoms with Crippen molar-refractivity contribution in [1.29, 1.82) is 0 Å². The third-order valence-electron chi connectivity index (χ3n) is 3.87. The van der Waals surface area contributed by atoms with E-state index >= 15 is 0 Å². The number of carbonyl (C=O) groups excluding carboxylic acids is 1. The van der Waals surface area contributed by atoms with Crippen LogP contribution in [0.15, 0.2) is 41.8 Å². The van der Waals surface area contributed by atoms with Gasteiger partial charge in [-0.1, -0.05) is 6.08 Å². The number of sulfone groups is 1. The molecule has 1 aliphatic heterocycles. The number of hydrogen-bond donors (Lipinski definition) is 1. The van der Waals surface area contributed by atoms with E-state index in [2.05, 4.69) is 11.9 Å². The van der Waals surface area contributed by atoms with Gasteiger partial charge in [0, 0.05) is 25.2 Å². The van der Waals surface area contributed by atoms with Crippen LogP contribution in [0.4, 0.5) is 0 Å². The summed E-state index contributed by atoms with van der Waals surface area (Å²) in [4.78, 5) is 11.6. The summed E-state index contributed by atoms with van der Waals surface area (Å²) in [5, 5.41) is 2.46. The van der Waals surface area contributed by atoms with E-state index in [1.807, 2.05) is 0 Å². The zero-order chi connectivity index (χ0) is 18.0. The minimum Gasteiger partial charge on any atom is -0.355 e. The predicted molar refractivity (Wildman–Crippen MR) is 91.0 cm³/mol. The largest absolute Gasteiger partial charge is 0.355 e. The first-order valence-electron chi connectivity index (χ1n) is 7.36. The maximum absolute atomic E-state index is 12.9. The summed E-state index contributed by atoms with van der Waals surface area (Å²) in [5.74, 6) is -0.517. The Bertz CT molecular complexity index is 829. The van der Waals surface area contributed by atoms with Gasteiger partial charge >= 0.3 is 0 Å². The van der Waals surface area contributed by atoms with Gasteiger partial charge in [-0.05, 0) is 30.7 Å². The SMILES string of the molecule is C=CCN([C@@H]1CCS(=O)(=O)C1)S(=O)(=O)c1ccc(C(=O)NC)cc1. The molecular weight excluding hydrogens is 352 g/mol. The lowest BCUT2D eigenvalue weighted by Crippen LogP contribution is -2.41. The van der Waals surface area contributed by atoms with Gasteiger partial charge in [-0.2, -0.15) is 4.31 Å². The predicted octanol–water partition coefficient (Wildman–Crippen LogP) is 0.410. The Labute approximate surface area is 142 Å². The number of benzene rings is 1. The van der Waals surface area contributed by atoms with Crippen LogP contribution in [0.1, 0.15) is 16.8 Å². The maximum atomic E-state index is 12.9. The molecular formula is C15H20N2O5S2. The summed E-state index contributed by atoms with van der Waals surface area (Å²) in [6.45, 7) is 3.58. The van der Waals surface area contributed by atoms with Crippen molar-refractivity contribution in [3.05, 3.63) is 42.5 Å². The molecule has 0 radical (unpaired) electrons. The second-order valence-corrected chi connectivity index (χ2v) is 9.64. The number of carbonyl (C=O) groups is 1. The first-order chi connectivity index (χ1) is 11.2. The molecule has 0 unspecified atom stereocenters. The van der Waals surface area contributed by atoms with E-state index in [1.165, 1.54) is 41.7 Å². The molecule has 1 fully saturated rings. The fraction of sp³-hybridized carbons (Fsp3) is 0.400. The lowest BCUT2D eigenvalue weighted by molar-refractivity contribution is 0.0963. The summed E-state index contributed by atoms with van der Waals surface area (Å²) in [6.07, 6.45) is 1.70. The van der Waals surface area contributed by atoms with E-state index in [1.54, 1.807) is 0 Å². The van der Waals surface area contributed by atoms with Crippen LogP contribution in [0.3, 0.4) is 0 Å². The molecule has 7 nitrogen and oxygen atoms in total. The first kappa shape index (κ1) is 18.6. The number of sulfonamides is 1. The van der Waals surface area contributed by atoms with Crippen molar-refractivity contribution in [2.24, 2.45) is 0 Å². The Morgan fingerprint density at radius 1 is 1.38 bits per heavy atom. The van der Waals surface area contributed by atoms with Gasteiger partial charge < -0.3 is 5.32 Å². The molecule has 0 bridgehead atoms. The van der Waals surface area contributed by atoms with Crippen molar-refractivity contribution in [2.45, 2.75) is 17.4 Å². The quantitative estimate of drug-likeness (QED) is 0.729. The van der Waals surface area contributed by atoms with Gasteiger partial charge in [0.1, 0.15) is 0 Å². The molecule has 24 heavy (non-hydrogen) atoms. The van der Waals surface area contributed by atoms with Crippen LogP contribution in [0.25, 0.3) is 0 Å². The van der Waals surface area contributed by atoms with E-state index in [0.29, 0.717) is 5.56 Å². The van der Waals surface area contributed by atoms with Crippen LogP contribution < -0.4 is 5.32 Å². The number of rotatable bonds is 6. The Kier molecular flexibility index (Phi) is 5.46. The molecule has 1 aromatic rings. The fourth-order valence-electron chi connectivity index (χ4n) is 2.63. The Balaban J connectivity index is 2.34. The molecule has 9 heteroatoms. The van der Waals surface area contributed by atoms with Gasteiger partial charge in [0.15, 0.2) is 9.84 Å². The van der Waals surface area contributed by atoms with Crippen LogP contribution >= 0.6 is 0 Å². The molecule has 0 aromatic heterocycles. The molecule has 1 N–H and O–H groups in total. The standard InChI is InChI=1S/C15H20N2O5S2/c1-3-9-17(13-8-10-23(19,20)11-13)24(21,22)14-6-4-12(5-7-14)15(18)16-2/h3-7,13H,1,8-11H2,2H3,(H,16,18)/t13-/m1/s1. The van der Waals surface area contributed by atoms with E-state index in [-0.39, 0.29) is 35.3 Å². The van der Waals surface area contributed by atoms with Gasteiger partial charge in [-0.3, -0.25) is 4.79 Å². The Morgan fingerprint density at radius 3 is 2.46 bits per heavy atom. The fourth-order valence-corrected chi connectivity index (χ4v) is 6.08. The number of nitrogens with one attached hydrogen (secondary N) is 1. The molecule has 0 aliphatic carbocycles. The number of hydrogen-bond acceptors (Lipinski definition) is 5. The number of amides is 1. The topological polar surface area (TPSA) is 101 Å². The molecule has 1 saturated heterocycles. The molecule has 1 amide bonds. The smallest absolute Gasteiger partial charge is 0.251 e. The Hall–Kier alpha value is -1.71. The van der Waals surface area contributed by atoms with Crippen LogP contribution in [-0.2, 0) is 19.9 Å². The monoisotopic (exact) mass is 372 g/mol. The highest BCUT2D eigenvalue weighted by Crippen LogP contribution is 2.25. The summed E-state index contributed by atoms with van der Waals surface area (Å²) in [7, 11) is -5.61. The molecule has 1 aromatic carbocycles. The molecule has 2 rings (SSSR count). The lowest BCUT2D eigenvalue weighted by atomic mass is 10.2. The van der Waals surface area contributed by atoms with Crippen LogP contribution in [0, 0.1) is 0 Å². The molecule has 1 atom stereocenters. The summed E-state index contributed by atoms with van der Waals surface area (Å²) in [5.41, 5.74) is 0.343. The van der Waals surface area contributed by atoms with Gasteiger partial charge in [0.25, 0.3) is 5.91 Å². The zero-order valence-electron chi connectivity index (χ0n) is 13.3. The molecule has 1 heterocycles. The van der Waals surface area contributed by atoms with E-state index < -0.39 is 25.9 Å². The molecule has 0 spiro atoms. The third kappa shape index (κ3) is 3.85. The summed E-state index contributed by atoms with van der Waals surface area (Å²) >= 11 is 0. The highest BCUT2D eigenvalue weighted by atomic mass is 32.2. The van der Waals surface area contributed by atoms with E-state index in [4.69, 9.17) is 0 Å². The molecule has 132 valence electrons. The second-order valence-electron chi connectivity index (χ2n) is 5.52. The lowest BCUT2D eigenvalue weighted by Gasteiger charge is -2.26. The van der Waals surface area contributed by atoms with Crippen molar-refractivity contribution in [2.75, 3.05) is 25.1 Å². The second kappa shape index (κ2) is 7.04. The van der Waals surface area contributed by atoms with E-state index in [9.17, 15) is 21.6 Å². The summed E-state index contributed by atoms with van der Waals surface area (Å²) in [6, 6.07) is 4.93. The molecule has 1 aliphatic rings. The van der Waals surface area contributed by atoms with Gasteiger partial charge in [-0.15, -0.1) is 6.58 Å². The van der Waals surface area contributed by atoms with Crippen LogP contribution in [0.2, 0.25) is 0 Å².